The van der Waals surface area contributed by atoms with E-state index < -0.39 is 0 Å². The molecule has 0 aliphatic heterocycles. The van der Waals surface area contributed by atoms with Crippen molar-refractivity contribution in [2.45, 2.75) is 20.8 Å². The fourth-order valence-electron chi connectivity index (χ4n) is 2.26. The SMILES string of the molecule is CCOc1ccccc1NC(=O)COc1c(C)cc(C)cc1Cl. The van der Waals surface area contributed by atoms with Crippen LogP contribution in [-0.2, 0) is 4.79 Å². The minimum absolute atomic E-state index is 0.121. The van der Waals surface area contributed by atoms with Crippen LogP contribution < -0.4 is 14.8 Å². The molecule has 0 saturated heterocycles. The molecule has 0 fully saturated rings. The van der Waals surface area contributed by atoms with E-state index in [4.69, 9.17) is 21.1 Å². The van der Waals surface area contributed by atoms with E-state index in [1.165, 1.54) is 0 Å². The number of nitrogens with one attached hydrogen (secondary N) is 1. The first-order valence-electron chi connectivity index (χ1n) is 7.42. The number of anilines is 1. The number of carbonyl (C=O) groups is 1. The van der Waals surface area contributed by atoms with Crippen LogP contribution in [0.2, 0.25) is 5.02 Å². The normalized spacial score (nSPS) is 10.3. The molecule has 0 aliphatic carbocycles. The number of carbonyl (C=O) groups excluding carboxylic acids is 1. The van der Waals surface area contributed by atoms with Crippen molar-refractivity contribution >= 4 is 23.2 Å². The summed E-state index contributed by atoms with van der Waals surface area (Å²) in [5.41, 5.74) is 2.57. The molecule has 0 aromatic heterocycles. The van der Waals surface area contributed by atoms with Crippen molar-refractivity contribution in [3.8, 4) is 11.5 Å². The lowest BCUT2D eigenvalue weighted by molar-refractivity contribution is -0.118. The van der Waals surface area contributed by atoms with Crippen LogP contribution in [0.1, 0.15) is 18.1 Å². The number of aryl methyl sites for hydroxylation is 2. The smallest absolute Gasteiger partial charge is 0.262 e. The second kappa shape index (κ2) is 7.88. The second-order valence-electron chi connectivity index (χ2n) is 5.16. The Hall–Kier alpha value is -2.20. The van der Waals surface area contributed by atoms with Crippen molar-refractivity contribution in [1.29, 1.82) is 0 Å². The standard InChI is InChI=1S/C18H20ClNO3/c1-4-22-16-8-6-5-7-15(16)20-17(21)11-23-18-13(3)9-12(2)10-14(18)19/h5-10H,4,11H2,1-3H3,(H,20,21). The molecule has 0 bridgehead atoms. The molecular formula is C18H20ClNO3. The van der Waals surface area contributed by atoms with Crippen LogP contribution in [0, 0.1) is 13.8 Å². The van der Waals surface area contributed by atoms with Gasteiger partial charge in [-0.1, -0.05) is 29.8 Å². The zero-order chi connectivity index (χ0) is 16.8. The van der Waals surface area contributed by atoms with Crippen molar-refractivity contribution in [3.63, 3.8) is 0 Å². The highest BCUT2D eigenvalue weighted by atomic mass is 35.5. The molecule has 23 heavy (non-hydrogen) atoms. The molecule has 5 heteroatoms. The summed E-state index contributed by atoms with van der Waals surface area (Å²) in [6.45, 7) is 6.16. The van der Waals surface area contributed by atoms with Crippen LogP contribution >= 0.6 is 11.6 Å². The molecule has 122 valence electrons. The zero-order valence-corrected chi connectivity index (χ0v) is 14.2. The number of hydrogen-bond acceptors (Lipinski definition) is 3. The molecule has 4 nitrogen and oxygen atoms in total. The van der Waals surface area contributed by atoms with Gasteiger partial charge in [-0.3, -0.25) is 4.79 Å². The molecule has 2 aromatic carbocycles. The number of amides is 1. The van der Waals surface area contributed by atoms with Crippen LogP contribution in [0.4, 0.5) is 5.69 Å². The van der Waals surface area contributed by atoms with Gasteiger partial charge in [0.25, 0.3) is 5.91 Å². The van der Waals surface area contributed by atoms with Crippen molar-refractivity contribution in [3.05, 3.63) is 52.5 Å². The van der Waals surface area contributed by atoms with Gasteiger partial charge in [0.2, 0.25) is 0 Å². The van der Waals surface area contributed by atoms with Crippen LogP contribution in [0.25, 0.3) is 0 Å². The minimum Gasteiger partial charge on any atom is -0.492 e. The van der Waals surface area contributed by atoms with Crippen molar-refractivity contribution in [2.75, 3.05) is 18.5 Å². The maximum Gasteiger partial charge on any atom is 0.262 e. The van der Waals surface area contributed by atoms with E-state index in [9.17, 15) is 4.79 Å². The Morgan fingerprint density at radius 1 is 1.17 bits per heavy atom. The molecule has 2 aromatic rings. The Balaban J connectivity index is 2.01. The van der Waals surface area contributed by atoms with Crippen LogP contribution in [0.5, 0.6) is 11.5 Å². The number of ether oxygens (including phenoxy) is 2. The average Bonchev–Trinajstić information content (AvgIpc) is 2.48. The molecular weight excluding hydrogens is 314 g/mol. The number of halogens is 1. The van der Waals surface area contributed by atoms with Gasteiger partial charge in [0.15, 0.2) is 6.61 Å². The first-order chi connectivity index (χ1) is 11.0. The van der Waals surface area contributed by atoms with Crippen molar-refractivity contribution < 1.29 is 14.3 Å². The third-order valence-electron chi connectivity index (χ3n) is 3.18. The van der Waals surface area contributed by atoms with E-state index in [0.29, 0.717) is 28.8 Å². The third kappa shape index (κ3) is 4.63. The highest BCUT2D eigenvalue weighted by Crippen LogP contribution is 2.30. The van der Waals surface area contributed by atoms with Gasteiger partial charge in [-0.05, 0) is 50.1 Å². The summed E-state index contributed by atoms with van der Waals surface area (Å²) < 4.78 is 11.0. The molecule has 0 spiro atoms. The van der Waals surface area contributed by atoms with Gasteiger partial charge in [-0.25, -0.2) is 0 Å². The predicted molar refractivity (Wildman–Crippen MR) is 92.7 cm³/mol. The first kappa shape index (κ1) is 17.2. The summed E-state index contributed by atoms with van der Waals surface area (Å²) in [7, 11) is 0. The number of rotatable bonds is 6. The highest BCUT2D eigenvalue weighted by Gasteiger charge is 2.11. The van der Waals surface area contributed by atoms with Crippen molar-refractivity contribution in [1.82, 2.24) is 0 Å². The lowest BCUT2D eigenvalue weighted by Gasteiger charge is -2.13. The Morgan fingerprint density at radius 2 is 1.91 bits per heavy atom. The molecule has 0 aliphatic rings. The van der Waals surface area contributed by atoms with Gasteiger partial charge in [0.05, 0.1) is 17.3 Å². The maximum atomic E-state index is 12.1. The summed E-state index contributed by atoms with van der Waals surface area (Å²) in [5.74, 6) is 0.895. The Kier molecular flexibility index (Phi) is 5.88. The Labute approximate surface area is 141 Å². The Morgan fingerprint density at radius 3 is 2.61 bits per heavy atom. The number of para-hydroxylation sites is 2. The molecule has 0 heterocycles. The summed E-state index contributed by atoms with van der Waals surface area (Å²) in [5, 5.41) is 3.29. The number of hydrogen-bond donors (Lipinski definition) is 1. The lowest BCUT2D eigenvalue weighted by atomic mass is 10.1. The largest absolute Gasteiger partial charge is 0.492 e. The molecule has 1 amide bonds. The monoisotopic (exact) mass is 333 g/mol. The van der Waals surface area contributed by atoms with E-state index in [0.717, 1.165) is 11.1 Å². The minimum atomic E-state index is -0.270. The average molecular weight is 334 g/mol. The van der Waals surface area contributed by atoms with E-state index >= 15 is 0 Å². The summed E-state index contributed by atoms with van der Waals surface area (Å²) in [4.78, 5) is 12.1. The predicted octanol–water partition coefficient (Wildman–Crippen LogP) is 4.37. The van der Waals surface area contributed by atoms with E-state index in [-0.39, 0.29) is 12.5 Å². The highest BCUT2D eigenvalue weighted by molar-refractivity contribution is 6.32. The van der Waals surface area contributed by atoms with Gasteiger partial charge >= 0.3 is 0 Å². The quantitative estimate of drug-likeness (QED) is 0.853. The van der Waals surface area contributed by atoms with E-state index in [1.54, 1.807) is 12.1 Å². The molecule has 0 atom stereocenters. The van der Waals surface area contributed by atoms with Gasteiger partial charge in [0, 0.05) is 0 Å². The molecule has 0 radical (unpaired) electrons. The van der Waals surface area contributed by atoms with E-state index in [1.807, 2.05) is 45.0 Å². The van der Waals surface area contributed by atoms with Gasteiger partial charge in [-0.15, -0.1) is 0 Å². The molecule has 1 N–H and O–H groups in total. The zero-order valence-electron chi connectivity index (χ0n) is 13.5. The maximum absolute atomic E-state index is 12.1. The van der Waals surface area contributed by atoms with Crippen LogP contribution in [-0.4, -0.2) is 19.1 Å². The summed E-state index contributed by atoms with van der Waals surface area (Å²) in [6.07, 6.45) is 0. The van der Waals surface area contributed by atoms with Crippen molar-refractivity contribution in [2.24, 2.45) is 0 Å². The molecule has 2 rings (SSSR count). The van der Waals surface area contributed by atoms with Gasteiger partial charge in [0.1, 0.15) is 11.5 Å². The number of benzene rings is 2. The topological polar surface area (TPSA) is 47.6 Å². The van der Waals surface area contributed by atoms with E-state index in [2.05, 4.69) is 5.32 Å². The molecule has 0 unspecified atom stereocenters. The third-order valence-corrected chi connectivity index (χ3v) is 3.46. The van der Waals surface area contributed by atoms with Crippen LogP contribution in [0.3, 0.4) is 0 Å². The lowest BCUT2D eigenvalue weighted by Crippen LogP contribution is -2.21. The Bertz CT molecular complexity index is 677. The first-order valence-corrected chi connectivity index (χ1v) is 7.80. The van der Waals surface area contributed by atoms with Crippen LogP contribution in [0.15, 0.2) is 36.4 Å². The van der Waals surface area contributed by atoms with Gasteiger partial charge in [-0.2, -0.15) is 0 Å². The molecule has 0 saturated carbocycles. The fraction of sp³-hybridized carbons (Fsp3) is 0.278. The second-order valence-corrected chi connectivity index (χ2v) is 5.57. The fourth-order valence-corrected chi connectivity index (χ4v) is 2.64. The summed E-state index contributed by atoms with van der Waals surface area (Å²) in [6, 6.07) is 11.1. The van der Waals surface area contributed by atoms with Gasteiger partial charge < -0.3 is 14.8 Å². The summed E-state index contributed by atoms with van der Waals surface area (Å²) >= 11 is 6.17.